The molecule has 0 aliphatic heterocycles. The first kappa shape index (κ1) is 15.4. The van der Waals surface area contributed by atoms with Crippen molar-refractivity contribution in [3.8, 4) is 0 Å². The zero-order chi connectivity index (χ0) is 14.8. The van der Waals surface area contributed by atoms with Gasteiger partial charge in [-0.05, 0) is 32.5 Å². The molecule has 5 nitrogen and oxygen atoms in total. The highest BCUT2D eigenvalue weighted by Crippen LogP contribution is 2.27. The molecule has 2 rings (SSSR count). The number of rotatable bonds is 6. The van der Waals surface area contributed by atoms with Crippen LogP contribution in [-0.2, 0) is 23.0 Å². The van der Waals surface area contributed by atoms with Crippen molar-refractivity contribution in [3.05, 3.63) is 27.6 Å². The quantitative estimate of drug-likeness (QED) is 0.853. The van der Waals surface area contributed by atoms with Crippen molar-refractivity contribution in [3.63, 3.8) is 0 Å². The standard InChI is InChI=1S/C12H17N3O2S3/c1-4-10-8(2)18-12(14-10)15-20(16,17)11-6-5-9(19-11)7-13-3/h5-6,13H,4,7H2,1-3H3,(H,14,15). The van der Waals surface area contributed by atoms with Crippen LogP contribution in [0.2, 0.25) is 0 Å². The van der Waals surface area contributed by atoms with Gasteiger partial charge in [-0.1, -0.05) is 6.92 Å². The lowest BCUT2D eigenvalue weighted by Crippen LogP contribution is -2.11. The van der Waals surface area contributed by atoms with Crippen LogP contribution in [0.4, 0.5) is 5.13 Å². The van der Waals surface area contributed by atoms with Gasteiger partial charge in [0.1, 0.15) is 4.21 Å². The summed E-state index contributed by atoms with van der Waals surface area (Å²) in [5, 5.41) is 3.44. The van der Waals surface area contributed by atoms with Crippen molar-refractivity contribution in [1.29, 1.82) is 0 Å². The molecule has 0 aliphatic carbocycles. The van der Waals surface area contributed by atoms with Gasteiger partial charge in [0.15, 0.2) is 5.13 Å². The average Bonchev–Trinajstić information content (AvgIpc) is 2.96. The van der Waals surface area contributed by atoms with E-state index in [1.807, 2.05) is 27.0 Å². The zero-order valence-electron chi connectivity index (χ0n) is 11.6. The third-order valence-electron chi connectivity index (χ3n) is 2.70. The summed E-state index contributed by atoms with van der Waals surface area (Å²) in [6, 6.07) is 3.45. The smallest absolute Gasteiger partial charge is 0.273 e. The number of sulfonamides is 1. The van der Waals surface area contributed by atoms with E-state index in [0.717, 1.165) is 21.9 Å². The molecule has 20 heavy (non-hydrogen) atoms. The van der Waals surface area contributed by atoms with Crippen LogP contribution in [-0.4, -0.2) is 20.4 Å². The van der Waals surface area contributed by atoms with Crippen molar-refractivity contribution in [2.75, 3.05) is 11.8 Å². The van der Waals surface area contributed by atoms with Crippen LogP contribution in [0, 0.1) is 6.92 Å². The topological polar surface area (TPSA) is 71.1 Å². The highest BCUT2D eigenvalue weighted by molar-refractivity contribution is 7.94. The lowest BCUT2D eigenvalue weighted by Gasteiger charge is -2.01. The fraction of sp³-hybridized carbons (Fsp3) is 0.417. The molecule has 0 aromatic carbocycles. The van der Waals surface area contributed by atoms with Gasteiger partial charge in [0, 0.05) is 16.3 Å². The Kier molecular flexibility index (Phi) is 4.79. The summed E-state index contributed by atoms with van der Waals surface area (Å²) in [5.41, 5.74) is 0.940. The first-order valence-corrected chi connectivity index (χ1v) is 9.30. The lowest BCUT2D eigenvalue weighted by molar-refractivity contribution is 0.603. The van der Waals surface area contributed by atoms with Crippen LogP contribution in [0.5, 0.6) is 0 Å². The molecule has 0 spiro atoms. The molecular formula is C12H17N3O2S3. The van der Waals surface area contributed by atoms with Gasteiger partial charge in [-0.25, -0.2) is 13.4 Å². The van der Waals surface area contributed by atoms with Crippen LogP contribution in [0.3, 0.4) is 0 Å². The normalized spacial score (nSPS) is 11.8. The van der Waals surface area contributed by atoms with E-state index < -0.39 is 10.0 Å². The van der Waals surface area contributed by atoms with E-state index in [1.165, 1.54) is 22.7 Å². The SMILES string of the molecule is CCc1nc(NS(=O)(=O)c2ccc(CNC)s2)sc1C. The van der Waals surface area contributed by atoms with Crippen molar-refractivity contribution in [2.24, 2.45) is 0 Å². The number of aryl methyl sites for hydroxylation is 2. The third-order valence-corrected chi connectivity index (χ3v) is 6.68. The second-order valence-corrected chi connectivity index (χ2v) is 8.51. The van der Waals surface area contributed by atoms with E-state index in [4.69, 9.17) is 0 Å². The van der Waals surface area contributed by atoms with Crippen LogP contribution in [0.25, 0.3) is 0 Å². The molecule has 2 aromatic rings. The molecule has 0 atom stereocenters. The summed E-state index contributed by atoms with van der Waals surface area (Å²) in [6.45, 7) is 4.62. The maximum absolute atomic E-state index is 12.3. The Bertz CT molecular complexity index is 689. The molecule has 8 heteroatoms. The number of hydrogen-bond acceptors (Lipinski definition) is 6. The first-order chi connectivity index (χ1) is 9.46. The Morgan fingerprint density at radius 1 is 1.30 bits per heavy atom. The van der Waals surface area contributed by atoms with Gasteiger partial charge in [-0.2, -0.15) is 0 Å². The molecule has 0 radical (unpaired) electrons. The molecule has 0 saturated carbocycles. The predicted molar refractivity (Wildman–Crippen MR) is 84.1 cm³/mol. The Labute approximate surface area is 127 Å². The molecule has 0 bridgehead atoms. The first-order valence-electron chi connectivity index (χ1n) is 6.18. The van der Waals surface area contributed by atoms with Crippen LogP contribution in [0.1, 0.15) is 22.4 Å². The van der Waals surface area contributed by atoms with Crippen molar-refractivity contribution in [2.45, 2.75) is 31.0 Å². The second kappa shape index (κ2) is 6.21. The van der Waals surface area contributed by atoms with Crippen LogP contribution >= 0.6 is 22.7 Å². The molecule has 0 fully saturated rings. The van der Waals surface area contributed by atoms with E-state index in [1.54, 1.807) is 6.07 Å². The van der Waals surface area contributed by atoms with Crippen LogP contribution in [0.15, 0.2) is 16.3 Å². The summed E-state index contributed by atoms with van der Waals surface area (Å²) >= 11 is 2.63. The minimum absolute atomic E-state index is 0.314. The fourth-order valence-corrected chi connectivity index (χ4v) is 5.24. The van der Waals surface area contributed by atoms with Gasteiger partial charge in [-0.15, -0.1) is 22.7 Å². The zero-order valence-corrected chi connectivity index (χ0v) is 14.0. The maximum atomic E-state index is 12.3. The minimum atomic E-state index is -3.53. The highest BCUT2D eigenvalue weighted by Gasteiger charge is 2.19. The van der Waals surface area contributed by atoms with Crippen LogP contribution < -0.4 is 10.0 Å². The van der Waals surface area contributed by atoms with Gasteiger partial charge < -0.3 is 5.32 Å². The lowest BCUT2D eigenvalue weighted by atomic mass is 10.3. The number of aromatic nitrogens is 1. The molecular weight excluding hydrogens is 314 g/mol. The van der Waals surface area contributed by atoms with E-state index in [9.17, 15) is 8.42 Å². The average molecular weight is 331 g/mol. The van der Waals surface area contributed by atoms with E-state index >= 15 is 0 Å². The molecule has 0 amide bonds. The van der Waals surface area contributed by atoms with Gasteiger partial charge >= 0.3 is 0 Å². The third kappa shape index (κ3) is 3.38. The monoisotopic (exact) mass is 331 g/mol. The Hall–Kier alpha value is -0.960. The number of thiophene rings is 1. The summed E-state index contributed by atoms with van der Waals surface area (Å²) in [5.74, 6) is 0. The van der Waals surface area contributed by atoms with Crippen molar-refractivity contribution < 1.29 is 8.42 Å². The van der Waals surface area contributed by atoms with Gasteiger partial charge in [0.25, 0.3) is 10.0 Å². The number of thiazole rings is 1. The number of anilines is 1. The second-order valence-electron chi connectivity index (χ2n) is 4.23. The molecule has 0 unspecified atom stereocenters. The number of nitrogens with zero attached hydrogens (tertiary/aromatic N) is 1. The van der Waals surface area contributed by atoms with Gasteiger partial charge in [-0.3, -0.25) is 4.72 Å². The van der Waals surface area contributed by atoms with Crippen molar-refractivity contribution >= 4 is 37.8 Å². The van der Waals surface area contributed by atoms with Gasteiger partial charge in [0.2, 0.25) is 0 Å². The van der Waals surface area contributed by atoms with E-state index in [2.05, 4.69) is 15.0 Å². The molecule has 110 valence electrons. The Morgan fingerprint density at radius 3 is 2.65 bits per heavy atom. The van der Waals surface area contributed by atoms with Crippen molar-refractivity contribution in [1.82, 2.24) is 10.3 Å². The summed E-state index contributed by atoms with van der Waals surface area (Å²) in [6.07, 6.45) is 0.801. The largest absolute Gasteiger partial charge is 0.315 e. The Morgan fingerprint density at radius 2 is 2.05 bits per heavy atom. The summed E-state index contributed by atoms with van der Waals surface area (Å²) in [4.78, 5) is 6.33. The van der Waals surface area contributed by atoms with E-state index in [0.29, 0.717) is 15.9 Å². The van der Waals surface area contributed by atoms with E-state index in [-0.39, 0.29) is 0 Å². The fourth-order valence-electron chi connectivity index (χ4n) is 1.74. The molecule has 2 heterocycles. The molecule has 2 N–H and O–H groups in total. The highest BCUT2D eigenvalue weighted by atomic mass is 32.2. The Balaban J connectivity index is 2.21. The van der Waals surface area contributed by atoms with Gasteiger partial charge in [0.05, 0.1) is 5.69 Å². The number of hydrogen-bond donors (Lipinski definition) is 2. The molecule has 2 aromatic heterocycles. The minimum Gasteiger partial charge on any atom is -0.315 e. The maximum Gasteiger partial charge on any atom is 0.273 e. The predicted octanol–water partition coefficient (Wildman–Crippen LogP) is 2.60. The molecule has 0 aliphatic rings. The summed E-state index contributed by atoms with van der Waals surface area (Å²) < 4.78 is 27.4. The molecule has 0 saturated heterocycles. The number of nitrogens with one attached hydrogen (secondary N) is 2. The summed E-state index contributed by atoms with van der Waals surface area (Å²) in [7, 11) is -1.70.